The largest absolute Gasteiger partial charge is 0.493 e. The maximum Gasteiger partial charge on any atom is 0.255 e. The first kappa shape index (κ1) is 21.9. The number of nitrogens with zero attached hydrogens (tertiary/aromatic N) is 4. The summed E-state index contributed by atoms with van der Waals surface area (Å²) in [5, 5.41) is 0. The van der Waals surface area contributed by atoms with Crippen molar-refractivity contribution in [3.05, 3.63) is 58.6 Å². The molecule has 0 fully saturated rings. The molecular formula is C25H26N4O5. The molecule has 0 saturated heterocycles. The van der Waals surface area contributed by atoms with Gasteiger partial charge in [0.05, 0.1) is 18.8 Å². The van der Waals surface area contributed by atoms with Crippen LogP contribution in [0.4, 0.5) is 5.95 Å². The molecule has 0 spiro atoms. The van der Waals surface area contributed by atoms with E-state index in [1.807, 2.05) is 24.0 Å². The fraction of sp³-hybridized carbons (Fsp3) is 0.360. The van der Waals surface area contributed by atoms with Gasteiger partial charge < -0.3 is 19.1 Å². The summed E-state index contributed by atoms with van der Waals surface area (Å²) in [6, 6.07) is 7.90. The molecule has 9 heteroatoms. The Morgan fingerprint density at radius 3 is 2.65 bits per heavy atom. The maximum atomic E-state index is 13.7. The van der Waals surface area contributed by atoms with Gasteiger partial charge in [0, 0.05) is 48.1 Å². The number of benzene rings is 1. The van der Waals surface area contributed by atoms with Crippen molar-refractivity contribution in [2.75, 3.05) is 25.3 Å². The van der Waals surface area contributed by atoms with Gasteiger partial charge >= 0.3 is 0 Å². The third-order valence-corrected chi connectivity index (χ3v) is 6.20. The Bertz CT molecular complexity index is 1320. The summed E-state index contributed by atoms with van der Waals surface area (Å²) in [4.78, 5) is 37.5. The van der Waals surface area contributed by atoms with Crippen LogP contribution in [0, 0.1) is 5.41 Å². The van der Waals surface area contributed by atoms with E-state index in [-0.39, 0.29) is 23.6 Å². The molecule has 0 aliphatic carbocycles. The maximum absolute atomic E-state index is 13.7. The zero-order valence-corrected chi connectivity index (χ0v) is 19.6. The van der Waals surface area contributed by atoms with Crippen LogP contribution in [0.25, 0.3) is 11.3 Å². The van der Waals surface area contributed by atoms with E-state index in [1.54, 1.807) is 29.1 Å². The summed E-state index contributed by atoms with van der Waals surface area (Å²) in [5.74, 6) is 1.76. The molecule has 1 unspecified atom stereocenters. The van der Waals surface area contributed by atoms with Crippen LogP contribution in [0.1, 0.15) is 31.1 Å². The zero-order chi connectivity index (χ0) is 24.0. The highest BCUT2D eigenvalue weighted by atomic mass is 16.7. The number of aromatic nitrogens is 3. The smallest absolute Gasteiger partial charge is 0.255 e. The summed E-state index contributed by atoms with van der Waals surface area (Å²) in [6.45, 7) is 7.14. The second-order valence-electron chi connectivity index (χ2n) is 9.35. The topological polar surface area (TPSA) is 95.8 Å². The fourth-order valence-corrected chi connectivity index (χ4v) is 4.51. The lowest BCUT2D eigenvalue weighted by Gasteiger charge is -2.42. The van der Waals surface area contributed by atoms with Crippen molar-refractivity contribution >= 4 is 11.7 Å². The van der Waals surface area contributed by atoms with E-state index in [0.29, 0.717) is 47.5 Å². The third-order valence-electron chi connectivity index (χ3n) is 6.20. The fourth-order valence-electron chi connectivity index (χ4n) is 4.51. The number of pyridine rings is 1. The van der Waals surface area contributed by atoms with Crippen molar-refractivity contribution in [3.63, 3.8) is 0 Å². The predicted molar refractivity (Wildman–Crippen MR) is 126 cm³/mol. The Kier molecular flexibility index (Phi) is 5.27. The van der Waals surface area contributed by atoms with Crippen molar-refractivity contribution in [2.45, 2.75) is 33.4 Å². The Morgan fingerprint density at radius 2 is 1.91 bits per heavy atom. The minimum Gasteiger partial charge on any atom is -0.493 e. The van der Waals surface area contributed by atoms with Crippen LogP contribution in [0.2, 0.25) is 0 Å². The lowest BCUT2D eigenvalue weighted by atomic mass is 9.89. The summed E-state index contributed by atoms with van der Waals surface area (Å²) in [5.41, 5.74) is 1.39. The van der Waals surface area contributed by atoms with E-state index in [4.69, 9.17) is 19.2 Å². The second kappa shape index (κ2) is 8.16. The van der Waals surface area contributed by atoms with Gasteiger partial charge in [0.25, 0.3) is 5.56 Å². The average molecular weight is 463 g/mol. The number of rotatable bonds is 5. The van der Waals surface area contributed by atoms with Gasteiger partial charge in [-0.3, -0.25) is 19.1 Å². The number of Topliss-reactive ketones (excluding diaryl/α,β-unsaturated/α-hetero) is 1. The molecule has 2 aliphatic rings. The van der Waals surface area contributed by atoms with E-state index >= 15 is 0 Å². The van der Waals surface area contributed by atoms with Crippen LogP contribution < -0.4 is 24.7 Å². The van der Waals surface area contributed by atoms with Crippen LogP contribution in [-0.2, 0) is 6.54 Å². The minimum absolute atomic E-state index is 0.0806. The molecule has 0 radical (unpaired) electrons. The summed E-state index contributed by atoms with van der Waals surface area (Å²) in [7, 11) is 1.52. The van der Waals surface area contributed by atoms with Crippen LogP contribution in [0.3, 0.4) is 0 Å². The first-order chi connectivity index (χ1) is 16.3. The molecule has 0 N–H and O–H groups in total. The molecular weight excluding hydrogens is 436 g/mol. The molecule has 0 saturated carbocycles. The number of anilines is 1. The molecule has 4 heterocycles. The molecule has 1 aromatic carbocycles. The average Bonchev–Trinajstić information content (AvgIpc) is 3.31. The lowest BCUT2D eigenvalue weighted by Crippen LogP contribution is -2.52. The molecule has 1 atom stereocenters. The Labute approximate surface area is 196 Å². The van der Waals surface area contributed by atoms with Gasteiger partial charge in [-0.05, 0) is 31.2 Å². The number of carbonyl (C=O) groups excluding carboxylic acids is 1. The van der Waals surface area contributed by atoms with Gasteiger partial charge in [0.2, 0.25) is 18.5 Å². The lowest BCUT2D eigenvalue weighted by molar-refractivity contribution is 0.0954. The monoisotopic (exact) mass is 462 g/mol. The number of fused-ring (bicyclic) bond motifs is 2. The molecule has 0 bridgehead atoms. The number of hydrogen-bond donors (Lipinski definition) is 0. The van der Waals surface area contributed by atoms with Gasteiger partial charge in [0.1, 0.15) is 0 Å². The molecule has 2 aliphatic heterocycles. The van der Waals surface area contributed by atoms with Crippen LogP contribution in [0.5, 0.6) is 17.2 Å². The van der Waals surface area contributed by atoms with Gasteiger partial charge in [-0.25, -0.2) is 4.98 Å². The van der Waals surface area contributed by atoms with E-state index in [2.05, 4.69) is 18.8 Å². The number of ether oxygens (including phenoxy) is 3. The van der Waals surface area contributed by atoms with Crippen molar-refractivity contribution in [1.82, 2.24) is 14.5 Å². The highest BCUT2D eigenvalue weighted by molar-refractivity contribution is 6.02. The SMILES string of the molecule is COc1cc(C(=O)C(C)N2CC(C)(C)Cn3c2nc(-c2ccncc2)cc3=O)cc2c1OCO2. The quantitative estimate of drug-likeness (QED) is 0.534. The van der Waals surface area contributed by atoms with Crippen molar-refractivity contribution in [1.29, 1.82) is 0 Å². The molecule has 3 aromatic rings. The first-order valence-electron chi connectivity index (χ1n) is 11.1. The number of hydrogen-bond acceptors (Lipinski definition) is 8. The molecule has 5 rings (SSSR count). The molecule has 0 amide bonds. The summed E-state index contributed by atoms with van der Waals surface area (Å²) < 4.78 is 18.0. The van der Waals surface area contributed by atoms with E-state index in [1.165, 1.54) is 13.2 Å². The van der Waals surface area contributed by atoms with E-state index in [0.717, 1.165) is 5.56 Å². The minimum atomic E-state index is -0.588. The van der Waals surface area contributed by atoms with Crippen LogP contribution >= 0.6 is 0 Å². The van der Waals surface area contributed by atoms with Crippen molar-refractivity contribution in [2.24, 2.45) is 5.41 Å². The van der Waals surface area contributed by atoms with Crippen LogP contribution in [-0.4, -0.2) is 46.8 Å². The van der Waals surface area contributed by atoms with E-state index < -0.39 is 6.04 Å². The molecule has 2 aromatic heterocycles. The summed E-state index contributed by atoms with van der Waals surface area (Å²) in [6.07, 6.45) is 3.32. The zero-order valence-electron chi connectivity index (χ0n) is 19.6. The number of carbonyl (C=O) groups is 1. The Balaban J connectivity index is 1.57. The molecule has 34 heavy (non-hydrogen) atoms. The predicted octanol–water partition coefficient (Wildman–Crippen LogP) is 3.16. The standard InChI is InChI=1S/C25H26N4O5/c1-15(22(31)17-9-19(32-4)23-20(10-17)33-14-34-23)28-12-25(2,3)13-29-21(30)11-18(27-24(28)29)16-5-7-26-8-6-16/h5-11,15H,12-14H2,1-4H3. The highest BCUT2D eigenvalue weighted by Gasteiger charge is 2.37. The third kappa shape index (κ3) is 3.76. The van der Waals surface area contributed by atoms with Gasteiger partial charge in [0.15, 0.2) is 17.3 Å². The van der Waals surface area contributed by atoms with Crippen molar-refractivity contribution < 1.29 is 19.0 Å². The van der Waals surface area contributed by atoms with E-state index in [9.17, 15) is 9.59 Å². The van der Waals surface area contributed by atoms with Gasteiger partial charge in [-0.15, -0.1) is 0 Å². The Hall–Kier alpha value is -3.88. The van der Waals surface area contributed by atoms with Gasteiger partial charge in [-0.2, -0.15) is 0 Å². The molecule has 9 nitrogen and oxygen atoms in total. The van der Waals surface area contributed by atoms with Gasteiger partial charge in [-0.1, -0.05) is 13.8 Å². The number of ketones is 1. The summed E-state index contributed by atoms with van der Waals surface area (Å²) >= 11 is 0. The van der Waals surface area contributed by atoms with Crippen LogP contribution in [0.15, 0.2) is 47.5 Å². The Morgan fingerprint density at radius 1 is 1.15 bits per heavy atom. The van der Waals surface area contributed by atoms with Crippen molar-refractivity contribution in [3.8, 4) is 28.5 Å². The second-order valence-corrected chi connectivity index (χ2v) is 9.35. The highest BCUT2D eigenvalue weighted by Crippen LogP contribution is 2.42. The normalized spacial score (nSPS) is 16.6. The first-order valence-corrected chi connectivity index (χ1v) is 11.1. The number of methoxy groups -OCH3 is 1. The molecule has 176 valence electrons.